The van der Waals surface area contributed by atoms with Gasteiger partial charge in [0.15, 0.2) is 11.7 Å². The largest absolute Gasteiger partial charge is 0.394 e. The summed E-state index contributed by atoms with van der Waals surface area (Å²) in [6.45, 7) is 9.67. The summed E-state index contributed by atoms with van der Waals surface area (Å²) in [5.41, 5.74) is 1.24. The van der Waals surface area contributed by atoms with Crippen LogP contribution in [0.5, 0.6) is 0 Å². The Morgan fingerprint density at radius 2 is 2.00 bits per heavy atom. The maximum absolute atomic E-state index is 13.1. The predicted molar refractivity (Wildman–Crippen MR) is 116 cm³/mol. The molecule has 0 aliphatic carbocycles. The van der Waals surface area contributed by atoms with Crippen LogP contribution in [-0.2, 0) is 22.7 Å². The first-order valence-electron chi connectivity index (χ1n) is 10.7. The van der Waals surface area contributed by atoms with Crippen LogP contribution in [0, 0.1) is 0 Å². The van der Waals surface area contributed by atoms with E-state index in [4.69, 9.17) is 9.26 Å². The monoisotopic (exact) mass is 456 g/mol. The molecule has 0 bridgehead atoms. The van der Waals surface area contributed by atoms with Gasteiger partial charge >= 0.3 is 0 Å². The number of nitrogens with zero attached hydrogens (tertiary/aromatic N) is 6. The van der Waals surface area contributed by atoms with Gasteiger partial charge in [0.2, 0.25) is 0 Å². The maximum atomic E-state index is 13.1. The number of hydrogen-bond donors (Lipinski definition) is 2. The first-order chi connectivity index (χ1) is 14.7. The molecule has 0 saturated carbocycles. The van der Waals surface area contributed by atoms with E-state index in [0.29, 0.717) is 17.5 Å². The molecule has 1 saturated heterocycles. The molecule has 1 aliphatic rings. The van der Waals surface area contributed by atoms with Gasteiger partial charge in [0.05, 0.1) is 18.4 Å². The molecule has 11 nitrogen and oxygen atoms in total. The molecule has 12 heteroatoms. The fourth-order valence-corrected chi connectivity index (χ4v) is 5.40. The molecule has 2 aromatic heterocycles. The highest BCUT2D eigenvalue weighted by molar-refractivity contribution is 7.43. The van der Waals surface area contributed by atoms with Crippen molar-refractivity contribution in [3.05, 3.63) is 16.0 Å². The normalized spacial score (nSPS) is 23.0. The Hall–Kier alpha value is -1.49. The fourth-order valence-electron chi connectivity index (χ4n) is 4.04. The molecule has 3 heterocycles. The molecule has 4 atom stereocenters. The molecule has 0 amide bonds. The number of hydrogen-bond acceptors (Lipinski definition) is 9. The second kappa shape index (κ2) is 9.97. The minimum absolute atomic E-state index is 0.0832. The molecule has 3 rings (SSSR count). The zero-order chi connectivity index (χ0) is 22.9. The van der Waals surface area contributed by atoms with Gasteiger partial charge < -0.3 is 19.3 Å². The van der Waals surface area contributed by atoms with Crippen molar-refractivity contribution in [3.8, 4) is 0 Å². The second-order valence-electron chi connectivity index (χ2n) is 8.37. The van der Waals surface area contributed by atoms with Crippen LogP contribution < -0.4 is 5.56 Å². The van der Waals surface area contributed by atoms with Crippen molar-refractivity contribution in [2.75, 3.05) is 6.61 Å². The van der Waals surface area contributed by atoms with E-state index >= 15 is 0 Å². The van der Waals surface area contributed by atoms with Crippen molar-refractivity contribution in [2.24, 2.45) is 7.05 Å². The van der Waals surface area contributed by atoms with E-state index in [-0.39, 0.29) is 30.7 Å². The Labute approximate surface area is 182 Å². The molecular weight excluding hydrogens is 423 g/mol. The van der Waals surface area contributed by atoms with Crippen LogP contribution in [0.4, 0.5) is 0 Å². The summed E-state index contributed by atoms with van der Waals surface area (Å²) in [4.78, 5) is 23.8. The minimum atomic E-state index is -1.89. The Balaban J connectivity index is 1.85. The summed E-state index contributed by atoms with van der Waals surface area (Å²) in [6.07, 6.45) is -0.180. The van der Waals surface area contributed by atoms with Gasteiger partial charge in [-0.1, -0.05) is 18.6 Å². The smallest absolute Gasteiger partial charge is 0.298 e. The number of aryl methyl sites for hydroxylation is 2. The predicted octanol–water partition coefficient (Wildman–Crippen LogP) is 1.48. The molecular formula is C19H33N6O5P. The summed E-state index contributed by atoms with van der Waals surface area (Å²) in [5, 5.41) is 22.5. The average molecular weight is 456 g/mol. The molecule has 31 heavy (non-hydrogen) atoms. The fraction of sp³-hybridized carbons (Fsp3) is 0.789. The topological polar surface area (TPSA) is 128 Å². The van der Waals surface area contributed by atoms with Gasteiger partial charge in [-0.15, -0.1) is 5.10 Å². The van der Waals surface area contributed by atoms with E-state index in [1.54, 1.807) is 7.05 Å². The third-order valence-corrected chi connectivity index (χ3v) is 7.13. The van der Waals surface area contributed by atoms with Crippen LogP contribution in [0.25, 0.3) is 11.0 Å². The lowest BCUT2D eigenvalue weighted by molar-refractivity contribution is -0.0483. The third-order valence-electron chi connectivity index (χ3n) is 5.35. The Kier molecular flexibility index (Phi) is 7.77. The van der Waals surface area contributed by atoms with Crippen molar-refractivity contribution in [1.29, 1.82) is 0 Å². The van der Waals surface area contributed by atoms with Gasteiger partial charge in [-0.05, 0) is 34.1 Å². The molecule has 0 radical (unpaired) electrons. The first kappa shape index (κ1) is 24.2. The Morgan fingerprint density at radius 3 is 2.58 bits per heavy atom. The minimum Gasteiger partial charge on any atom is -0.394 e. The van der Waals surface area contributed by atoms with E-state index in [0.717, 1.165) is 12.1 Å². The number of fused-ring (bicyclic) bond motifs is 1. The molecule has 1 fully saturated rings. The molecule has 4 unspecified atom stereocenters. The Bertz CT molecular complexity index is 940. The van der Waals surface area contributed by atoms with Crippen LogP contribution >= 0.6 is 8.53 Å². The lowest BCUT2D eigenvalue weighted by Gasteiger charge is -2.34. The summed E-state index contributed by atoms with van der Waals surface area (Å²) in [6, 6.07) is 0.166. The van der Waals surface area contributed by atoms with E-state index in [1.165, 1.54) is 9.36 Å². The van der Waals surface area contributed by atoms with E-state index in [9.17, 15) is 14.8 Å². The van der Waals surface area contributed by atoms with Crippen LogP contribution in [0.3, 0.4) is 0 Å². The van der Waals surface area contributed by atoms with Gasteiger partial charge in [0.25, 0.3) is 14.1 Å². The zero-order valence-electron chi connectivity index (χ0n) is 19.0. The lowest BCUT2D eigenvalue weighted by Crippen LogP contribution is -2.35. The highest BCUT2D eigenvalue weighted by Gasteiger charge is 2.41. The number of aromatic nitrogens is 5. The van der Waals surface area contributed by atoms with E-state index < -0.39 is 27.0 Å². The summed E-state index contributed by atoms with van der Waals surface area (Å²) in [5.74, 6) is 0. The van der Waals surface area contributed by atoms with E-state index in [2.05, 4.69) is 15.4 Å². The van der Waals surface area contributed by atoms with Crippen molar-refractivity contribution in [1.82, 2.24) is 29.4 Å². The number of ether oxygens (including phenoxy) is 1. The van der Waals surface area contributed by atoms with Crippen LogP contribution in [0.2, 0.25) is 0 Å². The maximum Gasteiger partial charge on any atom is 0.298 e. The molecule has 0 spiro atoms. The quantitative estimate of drug-likeness (QED) is 0.539. The molecule has 1 aliphatic heterocycles. The van der Waals surface area contributed by atoms with Gasteiger partial charge in [0, 0.05) is 25.6 Å². The average Bonchev–Trinajstić information content (AvgIpc) is 3.23. The van der Waals surface area contributed by atoms with Crippen LogP contribution in [-0.4, -0.2) is 70.3 Å². The zero-order valence-corrected chi connectivity index (χ0v) is 19.9. The van der Waals surface area contributed by atoms with Crippen LogP contribution in [0.15, 0.2) is 4.79 Å². The van der Waals surface area contributed by atoms with Crippen molar-refractivity contribution in [2.45, 2.75) is 84.4 Å². The second-order valence-corrected chi connectivity index (χ2v) is 9.55. The number of aliphatic hydroxyl groups is 1. The molecule has 174 valence electrons. The molecule has 0 aromatic carbocycles. The van der Waals surface area contributed by atoms with E-state index in [1.807, 2.05) is 39.3 Å². The van der Waals surface area contributed by atoms with Gasteiger partial charge in [-0.2, -0.15) is 9.78 Å². The molecule has 2 aromatic rings. The van der Waals surface area contributed by atoms with Gasteiger partial charge in [-0.3, -0.25) is 9.48 Å². The first-order valence-corrected chi connectivity index (χ1v) is 11.9. The standard InChI is InChI=1S/C19H33N6O5P/c1-7-8-13-17-18(23(6)21-13)19(27)24(22-20-17)16-9-14(15(10-26)29-16)30-31(28)25(11(2)3)12(4)5/h11-12,14-16,26,28H,7-10H2,1-6H3. The highest BCUT2D eigenvalue weighted by Crippen LogP contribution is 2.45. The lowest BCUT2D eigenvalue weighted by atomic mass is 10.2. The third kappa shape index (κ3) is 4.81. The van der Waals surface area contributed by atoms with Crippen molar-refractivity contribution >= 4 is 19.6 Å². The number of aliphatic hydroxyl groups excluding tert-OH is 1. The summed E-state index contributed by atoms with van der Waals surface area (Å²) >= 11 is 0. The van der Waals surface area contributed by atoms with Crippen LogP contribution in [0.1, 0.15) is 59.4 Å². The summed E-state index contributed by atoms with van der Waals surface area (Å²) < 4.78 is 16.4. The Morgan fingerprint density at radius 1 is 1.32 bits per heavy atom. The van der Waals surface area contributed by atoms with Crippen molar-refractivity contribution in [3.63, 3.8) is 0 Å². The van der Waals surface area contributed by atoms with Gasteiger partial charge in [0.1, 0.15) is 11.6 Å². The number of rotatable bonds is 9. The molecule has 2 N–H and O–H groups in total. The van der Waals surface area contributed by atoms with Gasteiger partial charge in [-0.25, -0.2) is 4.67 Å². The highest BCUT2D eigenvalue weighted by atomic mass is 31.2. The SMILES string of the molecule is CCCc1nn(C)c2c(=O)n(C3CC(OP(O)N(C(C)C)C(C)C)C(CO)O3)nnc12. The van der Waals surface area contributed by atoms with Crippen molar-refractivity contribution < 1.29 is 19.3 Å². The summed E-state index contributed by atoms with van der Waals surface area (Å²) in [7, 11) is -0.185.